The van der Waals surface area contributed by atoms with Crippen LogP contribution in [-0.2, 0) is 6.54 Å². The molecule has 0 unspecified atom stereocenters. The fraction of sp³-hybridized carbons (Fsp3) is 0.0909. The Morgan fingerprint density at radius 1 is 1.07 bits per heavy atom. The van der Waals surface area contributed by atoms with Gasteiger partial charge in [-0.25, -0.2) is 4.68 Å². The van der Waals surface area contributed by atoms with Gasteiger partial charge in [0.15, 0.2) is 0 Å². The van der Waals surface area contributed by atoms with Crippen molar-refractivity contribution in [2.75, 3.05) is 0 Å². The Labute approximate surface area is 85.8 Å². The minimum Gasteiger partial charge on any atom is -0.303 e. The van der Waals surface area contributed by atoms with E-state index in [0.29, 0.717) is 6.54 Å². The molecule has 0 aliphatic rings. The summed E-state index contributed by atoms with van der Waals surface area (Å²) in [6.07, 6.45) is 1.46. The Hall–Kier alpha value is -2.10. The number of H-pyrrole nitrogens is 1. The van der Waals surface area contributed by atoms with Crippen molar-refractivity contribution in [1.82, 2.24) is 9.78 Å². The summed E-state index contributed by atoms with van der Waals surface area (Å²) in [6, 6.07) is 10.7. The van der Waals surface area contributed by atoms with Crippen molar-refractivity contribution in [3.63, 3.8) is 0 Å². The molecule has 2 rings (SSSR count). The smallest absolute Gasteiger partial charge is 0.303 e. The zero-order valence-electron chi connectivity index (χ0n) is 8.01. The summed E-state index contributed by atoms with van der Waals surface area (Å²) < 4.78 is 1.29. The van der Waals surface area contributed by atoms with Gasteiger partial charge in [0.05, 0.1) is 6.54 Å². The van der Waals surface area contributed by atoms with E-state index in [9.17, 15) is 9.59 Å². The molecule has 0 spiro atoms. The molecule has 0 aliphatic carbocycles. The van der Waals surface area contributed by atoms with Gasteiger partial charge in [-0.15, -0.1) is 0 Å². The average Bonchev–Trinajstić information content (AvgIpc) is 2.26. The summed E-state index contributed by atoms with van der Waals surface area (Å²) >= 11 is 0. The molecule has 1 heterocycles. The number of aromatic nitrogens is 2. The highest BCUT2D eigenvalue weighted by Crippen LogP contribution is 1.98. The Balaban J connectivity index is 2.38. The van der Waals surface area contributed by atoms with Gasteiger partial charge < -0.3 is 5.10 Å². The maximum absolute atomic E-state index is 11.4. The highest BCUT2D eigenvalue weighted by Gasteiger charge is 1.99. The van der Waals surface area contributed by atoms with Gasteiger partial charge in [-0.05, 0) is 5.56 Å². The normalized spacial score (nSPS) is 10.1. The van der Waals surface area contributed by atoms with Crippen LogP contribution in [0.15, 0.2) is 52.2 Å². The van der Waals surface area contributed by atoms with Crippen LogP contribution in [0.3, 0.4) is 0 Å². The van der Waals surface area contributed by atoms with Crippen LogP contribution in [0.2, 0.25) is 0 Å². The van der Waals surface area contributed by atoms with Crippen molar-refractivity contribution in [2.24, 2.45) is 0 Å². The Morgan fingerprint density at radius 3 is 2.53 bits per heavy atom. The first-order chi connectivity index (χ1) is 7.27. The van der Waals surface area contributed by atoms with E-state index >= 15 is 0 Å². The maximum atomic E-state index is 11.4. The van der Waals surface area contributed by atoms with Gasteiger partial charge in [-0.3, -0.25) is 9.59 Å². The van der Waals surface area contributed by atoms with Crippen molar-refractivity contribution in [1.29, 1.82) is 0 Å². The van der Waals surface area contributed by atoms with E-state index in [2.05, 4.69) is 5.10 Å². The number of hydrogen-bond donors (Lipinski definition) is 1. The largest absolute Gasteiger partial charge is 0.312 e. The van der Waals surface area contributed by atoms with Crippen molar-refractivity contribution in [3.8, 4) is 0 Å². The summed E-state index contributed by atoms with van der Waals surface area (Å²) in [7, 11) is 0. The molecule has 0 aliphatic heterocycles. The van der Waals surface area contributed by atoms with Gasteiger partial charge in [-0.2, -0.15) is 0 Å². The first kappa shape index (κ1) is 9.45. The lowest BCUT2D eigenvalue weighted by atomic mass is 10.2. The Morgan fingerprint density at radius 2 is 1.80 bits per heavy atom. The maximum Gasteiger partial charge on any atom is 0.312 e. The Bertz CT molecular complexity index is 555. The number of hydrogen-bond acceptors (Lipinski definition) is 2. The number of rotatable bonds is 2. The molecule has 76 valence electrons. The zero-order valence-corrected chi connectivity index (χ0v) is 8.01. The van der Waals surface area contributed by atoms with Crippen LogP contribution in [-0.4, -0.2) is 9.78 Å². The fourth-order valence-corrected chi connectivity index (χ4v) is 1.35. The molecule has 0 amide bonds. The lowest BCUT2D eigenvalue weighted by Gasteiger charge is -2.03. The molecule has 15 heavy (non-hydrogen) atoms. The highest BCUT2D eigenvalue weighted by molar-refractivity contribution is 5.14. The van der Waals surface area contributed by atoms with E-state index < -0.39 is 11.0 Å². The van der Waals surface area contributed by atoms with E-state index in [0.717, 1.165) is 5.56 Å². The van der Waals surface area contributed by atoms with Crippen LogP contribution in [0.5, 0.6) is 0 Å². The number of benzene rings is 1. The summed E-state index contributed by atoms with van der Waals surface area (Å²) in [6.45, 7) is 0.385. The molecule has 0 radical (unpaired) electrons. The monoisotopic (exact) mass is 202 g/mol. The first-order valence-electron chi connectivity index (χ1n) is 4.60. The van der Waals surface area contributed by atoms with Crippen LogP contribution in [0.4, 0.5) is 0 Å². The molecule has 4 nitrogen and oxygen atoms in total. The molecule has 1 N–H and O–H groups in total. The number of aromatic amines is 1. The molecule has 1 aromatic heterocycles. The summed E-state index contributed by atoms with van der Waals surface area (Å²) in [5.41, 5.74) is -0.0486. The van der Waals surface area contributed by atoms with E-state index in [-0.39, 0.29) is 0 Å². The molecule has 2 aromatic rings. The fourth-order valence-electron chi connectivity index (χ4n) is 1.35. The predicted molar refractivity (Wildman–Crippen MR) is 56.9 cm³/mol. The highest BCUT2D eigenvalue weighted by atomic mass is 16.2. The first-order valence-corrected chi connectivity index (χ1v) is 4.60. The molecule has 0 atom stereocenters. The summed E-state index contributed by atoms with van der Waals surface area (Å²) in [5, 5.41) is 2.73. The van der Waals surface area contributed by atoms with Crippen molar-refractivity contribution in [2.45, 2.75) is 6.54 Å². The quantitative estimate of drug-likeness (QED) is 0.724. The summed E-state index contributed by atoms with van der Waals surface area (Å²) in [5.74, 6) is 0. The molecule has 0 saturated heterocycles. The topological polar surface area (TPSA) is 54.9 Å². The van der Waals surface area contributed by atoms with E-state index in [4.69, 9.17) is 0 Å². The molecule has 1 aromatic carbocycles. The van der Waals surface area contributed by atoms with Gasteiger partial charge in [-0.1, -0.05) is 30.3 Å². The molecular weight excluding hydrogens is 192 g/mol. The number of nitrogens with zero attached hydrogens (tertiary/aromatic N) is 1. The van der Waals surface area contributed by atoms with Gasteiger partial charge in [0, 0.05) is 12.3 Å². The third kappa shape index (κ3) is 2.04. The van der Waals surface area contributed by atoms with Crippen LogP contribution < -0.4 is 11.0 Å². The second-order valence-electron chi connectivity index (χ2n) is 3.20. The molecule has 0 fully saturated rings. The van der Waals surface area contributed by atoms with Crippen molar-refractivity contribution < 1.29 is 0 Å². The van der Waals surface area contributed by atoms with Crippen LogP contribution in [0.25, 0.3) is 0 Å². The lowest BCUT2D eigenvalue weighted by molar-refractivity contribution is 0.633. The van der Waals surface area contributed by atoms with E-state index in [1.807, 2.05) is 30.3 Å². The molecule has 0 saturated carbocycles. The standard InChI is InChI=1S/C11H10N2O2/c14-10-6-7-12-13(11(10)15)8-9-4-2-1-3-5-9/h1-7,12H,8H2. The minimum absolute atomic E-state index is 0.385. The van der Waals surface area contributed by atoms with Crippen LogP contribution >= 0.6 is 0 Å². The third-order valence-corrected chi connectivity index (χ3v) is 2.10. The van der Waals surface area contributed by atoms with Crippen molar-refractivity contribution >= 4 is 0 Å². The minimum atomic E-state index is -0.527. The second-order valence-corrected chi connectivity index (χ2v) is 3.20. The molecule has 0 bridgehead atoms. The van der Waals surface area contributed by atoms with Gasteiger partial charge in [0.2, 0.25) is 5.43 Å². The molecular formula is C11H10N2O2. The van der Waals surface area contributed by atoms with Crippen LogP contribution in [0.1, 0.15) is 5.56 Å². The van der Waals surface area contributed by atoms with Gasteiger partial charge >= 0.3 is 5.56 Å². The molecule has 4 heteroatoms. The van der Waals surface area contributed by atoms with Crippen LogP contribution in [0, 0.1) is 0 Å². The summed E-state index contributed by atoms with van der Waals surface area (Å²) in [4.78, 5) is 22.5. The second kappa shape index (κ2) is 3.96. The zero-order chi connectivity index (χ0) is 10.7. The third-order valence-electron chi connectivity index (χ3n) is 2.10. The van der Waals surface area contributed by atoms with Crippen molar-refractivity contribution in [3.05, 3.63) is 68.7 Å². The van der Waals surface area contributed by atoms with Gasteiger partial charge in [0.1, 0.15) is 0 Å². The predicted octanol–water partition coefficient (Wildman–Crippen LogP) is 0.585. The van der Waals surface area contributed by atoms with E-state index in [1.54, 1.807) is 0 Å². The SMILES string of the molecule is O=c1cc[nH]n(Cc2ccccc2)c1=O. The Kier molecular flexibility index (Phi) is 2.49. The number of nitrogens with one attached hydrogen (secondary N) is 1. The van der Waals surface area contributed by atoms with E-state index in [1.165, 1.54) is 16.9 Å². The van der Waals surface area contributed by atoms with Gasteiger partial charge in [0.25, 0.3) is 0 Å². The lowest BCUT2D eigenvalue weighted by Crippen LogP contribution is -2.35. The average molecular weight is 202 g/mol.